The van der Waals surface area contributed by atoms with Gasteiger partial charge < -0.3 is 14.1 Å². The maximum Gasteiger partial charge on any atom is 0.251 e. The van der Waals surface area contributed by atoms with Crippen LogP contribution in [0, 0.1) is 0 Å². The van der Waals surface area contributed by atoms with Crippen LogP contribution in [0.1, 0.15) is 23.7 Å². The molecule has 6 heteroatoms. The first-order valence-electron chi connectivity index (χ1n) is 7.07. The van der Waals surface area contributed by atoms with Gasteiger partial charge in [0.1, 0.15) is 12.0 Å². The molecule has 0 saturated heterocycles. The zero-order valence-corrected chi connectivity index (χ0v) is 13.6. The highest BCUT2D eigenvalue weighted by atomic mass is 35.5. The van der Waals surface area contributed by atoms with Crippen LogP contribution in [0.15, 0.2) is 35.3 Å². The number of pyridine rings is 1. The Morgan fingerprint density at radius 3 is 2.65 bits per heavy atom. The van der Waals surface area contributed by atoms with E-state index in [2.05, 4.69) is 0 Å². The van der Waals surface area contributed by atoms with Crippen molar-refractivity contribution >= 4 is 23.7 Å². The van der Waals surface area contributed by atoms with Crippen LogP contribution in [0.5, 0.6) is 5.75 Å². The Balaban J connectivity index is 2.73. The smallest absolute Gasteiger partial charge is 0.251 e. The summed E-state index contributed by atoms with van der Waals surface area (Å²) in [5, 5.41) is 0.451. The summed E-state index contributed by atoms with van der Waals surface area (Å²) in [7, 11) is 1.46. The van der Waals surface area contributed by atoms with Gasteiger partial charge in [0, 0.05) is 28.6 Å². The third-order valence-corrected chi connectivity index (χ3v) is 3.71. The van der Waals surface area contributed by atoms with Gasteiger partial charge in [0.15, 0.2) is 5.78 Å². The quantitative estimate of drug-likeness (QED) is 0.602. The average Bonchev–Trinajstić information content (AvgIpc) is 2.55. The summed E-state index contributed by atoms with van der Waals surface area (Å²) in [6, 6.07) is 6.25. The zero-order valence-electron chi connectivity index (χ0n) is 12.8. The minimum absolute atomic E-state index is 0.0595. The number of hydrogen-bond acceptors (Lipinski definition) is 4. The summed E-state index contributed by atoms with van der Waals surface area (Å²) in [5.41, 5.74) is 1.13. The van der Waals surface area contributed by atoms with Crippen molar-refractivity contribution in [2.45, 2.75) is 19.9 Å². The number of ketones is 1. The standard InChI is InChI=1S/C17H16ClNO4/c1-3-15(21)12-5-4-11(18)8-13(12)14-9-17(22)19(6-7-20)10-16(14)23-2/h4-5,7-10H,3,6H2,1-2H3. The molecule has 0 aliphatic heterocycles. The molecule has 0 saturated carbocycles. The molecule has 0 unspecified atom stereocenters. The molecular weight excluding hydrogens is 318 g/mol. The molecule has 0 atom stereocenters. The van der Waals surface area contributed by atoms with Crippen molar-refractivity contribution in [2.75, 3.05) is 7.11 Å². The molecule has 2 aromatic rings. The van der Waals surface area contributed by atoms with Gasteiger partial charge in [-0.3, -0.25) is 9.59 Å². The Morgan fingerprint density at radius 1 is 1.30 bits per heavy atom. The first kappa shape index (κ1) is 17.0. The van der Waals surface area contributed by atoms with E-state index >= 15 is 0 Å². The molecule has 0 N–H and O–H groups in total. The largest absolute Gasteiger partial charge is 0.495 e. The highest BCUT2D eigenvalue weighted by molar-refractivity contribution is 6.31. The number of halogens is 1. The normalized spacial score (nSPS) is 10.4. The van der Waals surface area contributed by atoms with Gasteiger partial charge in [-0.05, 0) is 23.8 Å². The molecular formula is C17H16ClNO4. The van der Waals surface area contributed by atoms with Crippen LogP contribution in [0.3, 0.4) is 0 Å². The van der Waals surface area contributed by atoms with Crippen molar-refractivity contribution in [2.24, 2.45) is 0 Å². The number of methoxy groups -OCH3 is 1. The van der Waals surface area contributed by atoms with Crippen molar-refractivity contribution in [3.63, 3.8) is 0 Å². The van der Waals surface area contributed by atoms with E-state index in [1.807, 2.05) is 0 Å². The van der Waals surface area contributed by atoms with E-state index in [0.29, 0.717) is 40.2 Å². The Kier molecular flexibility index (Phi) is 5.34. The maximum absolute atomic E-state index is 12.2. The Morgan fingerprint density at radius 2 is 2.04 bits per heavy atom. The van der Waals surface area contributed by atoms with Gasteiger partial charge in [-0.25, -0.2) is 0 Å². The highest BCUT2D eigenvalue weighted by Crippen LogP contribution is 2.33. The Bertz CT molecular complexity index is 811. The molecule has 23 heavy (non-hydrogen) atoms. The van der Waals surface area contributed by atoms with Gasteiger partial charge >= 0.3 is 0 Å². The van der Waals surface area contributed by atoms with Crippen molar-refractivity contribution in [3.05, 3.63) is 51.4 Å². The van der Waals surface area contributed by atoms with Crippen LogP contribution in [0.2, 0.25) is 5.02 Å². The first-order chi connectivity index (χ1) is 11.0. The zero-order chi connectivity index (χ0) is 17.0. The molecule has 0 fully saturated rings. The number of aromatic nitrogens is 1. The number of nitrogens with zero attached hydrogens (tertiary/aromatic N) is 1. The highest BCUT2D eigenvalue weighted by Gasteiger charge is 2.17. The molecule has 2 rings (SSSR count). The third kappa shape index (κ3) is 3.51. The second-order valence-electron chi connectivity index (χ2n) is 4.88. The molecule has 120 valence electrons. The van der Waals surface area contributed by atoms with Gasteiger partial charge in [0.25, 0.3) is 5.56 Å². The fraction of sp³-hybridized carbons (Fsp3) is 0.235. The van der Waals surface area contributed by atoms with Crippen LogP contribution in [0.4, 0.5) is 0 Å². The summed E-state index contributed by atoms with van der Waals surface area (Å²) in [4.78, 5) is 34.9. The van der Waals surface area contributed by atoms with Crippen LogP contribution in [-0.2, 0) is 11.3 Å². The van der Waals surface area contributed by atoms with Gasteiger partial charge in [-0.1, -0.05) is 18.5 Å². The van der Waals surface area contributed by atoms with E-state index in [1.54, 1.807) is 25.1 Å². The second kappa shape index (κ2) is 7.24. The van der Waals surface area contributed by atoms with E-state index in [1.165, 1.54) is 23.9 Å². The number of aldehydes is 1. The number of ether oxygens (including phenoxy) is 1. The first-order valence-corrected chi connectivity index (χ1v) is 7.44. The van der Waals surface area contributed by atoms with Crippen molar-refractivity contribution < 1.29 is 14.3 Å². The lowest BCUT2D eigenvalue weighted by atomic mass is 9.96. The number of Topliss-reactive ketones (excluding diaryl/α,β-unsaturated/α-hetero) is 1. The minimum atomic E-state index is -0.359. The summed E-state index contributed by atoms with van der Waals surface area (Å²) in [6.07, 6.45) is 2.41. The molecule has 1 heterocycles. The van der Waals surface area contributed by atoms with E-state index in [-0.39, 0.29) is 17.9 Å². The average molecular weight is 334 g/mol. The van der Waals surface area contributed by atoms with Gasteiger partial charge in [-0.2, -0.15) is 0 Å². The molecule has 0 spiro atoms. The van der Waals surface area contributed by atoms with E-state index < -0.39 is 0 Å². The van der Waals surface area contributed by atoms with Crippen LogP contribution >= 0.6 is 11.6 Å². The minimum Gasteiger partial charge on any atom is -0.495 e. The van der Waals surface area contributed by atoms with E-state index in [0.717, 1.165) is 0 Å². The number of carbonyl (C=O) groups is 2. The Hall–Kier alpha value is -2.40. The number of benzene rings is 1. The molecule has 0 radical (unpaired) electrons. The molecule has 0 aliphatic rings. The lowest BCUT2D eigenvalue weighted by Gasteiger charge is -2.14. The maximum atomic E-state index is 12.2. The fourth-order valence-corrected chi connectivity index (χ4v) is 2.49. The van der Waals surface area contributed by atoms with Crippen molar-refractivity contribution in [1.82, 2.24) is 4.57 Å². The summed E-state index contributed by atoms with van der Waals surface area (Å²) >= 11 is 6.05. The van der Waals surface area contributed by atoms with Crippen LogP contribution in [-0.4, -0.2) is 23.7 Å². The topological polar surface area (TPSA) is 65.4 Å². The molecule has 5 nitrogen and oxygen atoms in total. The number of hydrogen-bond donors (Lipinski definition) is 0. The van der Waals surface area contributed by atoms with Gasteiger partial charge in [0.2, 0.25) is 0 Å². The fourth-order valence-electron chi connectivity index (χ4n) is 2.32. The van der Waals surface area contributed by atoms with Gasteiger partial charge in [0.05, 0.1) is 19.9 Å². The molecule has 0 bridgehead atoms. The van der Waals surface area contributed by atoms with Crippen molar-refractivity contribution in [3.8, 4) is 16.9 Å². The summed E-state index contributed by atoms with van der Waals surface area (Å²) in [5.74, 6) is 0.328. The van der Waals surface area contributed by atoms with Crippen LogP contribution in [0.25, 0.3) is 11.1 Å². The lowest BCUT2D eigenvalue weighted by molar-refractivity contribution is -0.108. The molecule has 1 aromatic heterocycles. The predicted octanol–water partition coefficient (Wildman–Crippen LogP) is 2.97. The molecule has 1 aromatic carbocycles. The summed E-state index contributed by atoms with van der Waals surface area (Å²) < 4.78 is 6.56. The van der Waals surface area contributed by atoms with E-state index in [9.17, 15) is 14.4 Å². The summed E-state index contributed by atoms with van der Waals surface area (Å²) in [6.45, 7) is 1.70. The predicted molar refractivity (Wildman–Crippen MR) is 88.4 cm³/mol. The van der Waals surface area contributed by atoms with Crippen molar-refractivity contribution in [1.29, 1.82) is 0 Å². The number of carbonyl (C=O) groups excluding carboxylic acids is 2. The SMILES string of the molecule is CCC(=O)c1ccc(Cl)cc1-c1cc(=O)n(CC=O)cc1OC. The monoisotopic (exact) mass is 333 g/mol. The lowest BCUT2D eigenvalue weighted by Crippen LogP contribution is -2.20. The number of rotatable bonds is 6. The van der Waals surface area contributed by atoms with E-state index in [4.69, 9.17) is 16.3 Å². The molecule has 0 amide bonds. The molecule has 0 aliphatic carbocycles. The van der Waals surface area contributed by atoms with Gasteiger partial charge in [-0.15, -0.1) is 0 Å². The van der Waals surface area contributed by atoms with Crippen LogP contribution < -0.4 is 10.3 Å². The third-order valence-electron chi connectivity index (χ3n) is 3.47. The Labute approximate surface area is 138 Å². The second-order valence-corrected chi connectivity index (χ2v) is 5.32.